The van der Waals surface area contributed by atoms with Crippen LogP contribution >= 0.6 is 0 Å². The summed E-state index contributed by atoms with van der Waals surface area (Å²) in [6.45, 7) is 1.09. The van der Waals surface area contributed by atoms with E-state index in [0.717, 1.165) is 6.92 Å². The molecule has 1 rings (SSSR count). The van der Waals surface area contributed by atoms with Gasteiger partial charge in [-0.2, -0.15) is 8.42 Å². The molecular weight excluding hydrogens is 286 g/mol. The molecule has 1 fully saturated rings. The lowest BCUT2D eigenvalue weighted by atomic mass is 9.97. The summed E-state index contributed by atoms with van der Waals surface area (Å²) in [5.41, 5.74) is -2.55. The number of hydrogen-bond acceptors (Lipinski definition) is 8. The van der Waals surface area contributed by atoms with Gasteiger partial charge in [0, 0.05) is 6.92 Å². The van der Waals surface area contributed by atoms with Crippen molar-refractivity contribution in [3.05, 3.63) is 0 Å². The predicted molar refractivity (Wildman–Crippen MR) is 58.1 cm³/mol. The maximum atomic E-state index is 10.8. The molecule has 1 aliphatic rings. The second-order valence-corrected chi connectivity index (χ2v) is 5.62. The Morgan fingerprint density at radius 3 is 2.21 bits per heavy atom. The van der Waals surface area contributed by atoms with Gasteiger partial charge in [0.05, 0.1) is 0 Å². The van der Waals surface area contributed by atoms with Crippen LogP contribution in [0.5, 0.6) is 0 Å². The van der Waals surface area contributed by atoms with Gasteiger partial charge in [0.1, 0.15) is 24.4 Å². The van der Waals surface area contributed by atoms with Gasteiger partial charge in [-0.05, 0) is 0 Å². The fourth-order valence-electron chi connectivity index (χ4n) is 1.70. The van der Waals surface area contributed by atoms with Gasteiger partial charge >= 0.3 is 0 Å². The van der Waals surface area contributed by atoms with Crippen LogP contribution in [0.4, 0.5) is 0 Å². The molecule has 10 nitrogen and oxygen atoms in total. The lowest BCUT2D eigenvalue weighted by molar-refractivity contribution is -0.258. The molecule has 6 N–H and O–H groups in total. The summed E-state index contributed by atoms with van der Waals surface area (Å²) in [5, 5.41) is 40.1. The monoisotopic (exact) mass is 301 g/mol. The third kappa shape index (κ3) is 3.60. The molecule has 1 amide bonds. The van der Waals surface area contributed by atoms with E-state index in [1.807, 2.05) is 0 Å². The Balaban J connectivity index is 2.91. The van der Waals surface area contributed by atoms with Crippen molar-refractivity contribution in [2.24, 2.45) is 0 Å². The van der Waals surface area contributed by atoms with Crippen molar-refractivity contribution in [3.63, 3.8) is 0 Å². The number of ether oxygens (including phenoxy) is 1. The van der Waals surface area contributed by atoms with Crippen LogP contribution in [0.1, 0.15) is 6.92 Å². The standard InChI is InChI=1S/C8H15NO9S/c1-2(10)9-3-4(11)5(12)6(18-7(3)13)8(14)19(15,16)17/h3-8,11-14H,1H3,(H,9,10)(H,15,16,17)/t3-,4-,5-,6+,7?,8?/m1/s1. The zero-order chi connectivity index (χ0) is 15.0. The van der Waals surface area contributed by atoms with Crippen LogP contribution in [0.25, 0.3) is 0 Å². The van der Waals surface area contributed by atoms with E-state index in [2.05, 4.69) is 10.1 Å². The van der Waals surface area contributed by atoms with Gasteiger partial charge in [0.15, 0.2) is 6.29 Å². The van der Waals surface area contributed by atoms with E-state index >= 15 is 0 Å². The molecule has 1 saturated heterocycles. The van der Waals surface area contributed by atoms with Crippen LogP contribution in [0, 0.1) is 0 Å². The number of carbonyl (C=O) groups is 1. The number of hydrogen-bond donors (Lipinski definition) is 6. The molecule has 0 aromatic rings. The second-order valence-electron chi connectivity index (χ2n) is 4.10. The van der Waals surface area contributed by atoms with E-state index < -0.39 is 52.1 Å². The first kappa shape index (κ1) is 16.2. The van der Waals surface area contributed by atoms with Crippen molar-refractivity contribution < 1.29 is 42.9 Å². The first-order chi connectivity index (χ1) is 8.55. The van der Waals surface area contributed by atoms with Crippen molar-refractivity contribution in [2.45, 2.75) is 43.0 Å². The number of amides is 1. The Labute approximate surface area is 108 Å². The highest BCUT2D eigenvalue weighted by atomic mass is 32.2. The van der Waals surface area contributed by atoms with Crippen molar-refractivity contribution >= 4 is 16.0 Å². The Morgan fingerprint density at radius 1 is 1.26 bits per heavy atom. The van der Waals surface area contributed by atoms with E-state index in [9.17, 15) is 33.6 Å². The Bertz CT molecular complexity index is 438. The zero-order valence-corrected chi connectivity index (χ0v) is 10.6. The summed E-state index contributed by atoms with van der Waals surface area (Å²) in [4.78, 5) is 10.8. The summed E-state index contributed by atoms with van der Waals surface area (Å²) in [5.74, 6) is -0.632. The normalized spacial score (nSPS) is 37.7. The molecular formula is C8H15NO9S. The van der Waals surface area contributed by atoms with Crippen LogP contribution in [0.3, 0.4) is 0 Å². The number of aliphatic hydroxyl groups is 4. The highest BCUT2D eigenvalue weighted by Gasteiger charge is 2.49. The lowest BCUT2D eigenvalue weighted by Crippen LogP contribution is -2.66. The van der Waals surface area contributed by atoms with E-state index in [0.29, 0.717) is 0 Å². The van der Waals surface area contributed by atoms with Gasteiger partial charge in [-0.15, -0.1) is 0 Å². The summed E-state index contributed by atoms with van der Waals surface area (Å²) >= 11 is 0. The highest BCUT2D eigenvalue weighted by Crippen LogP contribution is 2.23. The average Bonchev–Trinajstić information content (AvgIpc) is 2.27. The van der Waals surface area contributed by atoms with Crippen molar-refractivity contribution in [1.29, 1.82) is 0 Å². The Kier molecular flexibility index (Phi) is 4.84. The Morgan fingerprint density at radius 2 is 1.79 bits per heavy atom. The summed E-state index contributed by atoms with van der Waals surface area (Å²) in [7, 11) is -4.96. The van der Waals surface area contributed by atoms with Crippen LogP contribution < -0.4 is 5.32 Å². The summed E-state index contributed by atoms with van der Waals surface area (Å²) in [6.07, 6.45) is -7.58. The molecule has 1 aliphatic heterocycles. The van der Waals surface area contributed by atoms with Gasteiger partial charge in [0.25, 0.3) is 10.1 Å². The van der Waals surface area contributed by atoms with E-state index in [1.54, 1.807) is 0 Å². The summed E-state index contributed by atoms with van der Waals surface area (Å²) in [6, 6.07) is -1.41. The van der Waals surface area contributed by atoms with Gasteiger partial charge in [0.2, 0.25) is 11.3 Å². The number of rotatable bonds is 3. The maximum Gasteiger partial charge on any atom is 0.294 e. The van der Waals surface area contributed by atoms with Crippen LogP contribution in [0.15, 0.2) is 0 Å². The van der Waals surface area contributed by atoms with Crippen LogP contribution in [-0.4, -0.2) is 75.4 Å². The number of nitrogens with one attached hydrogen (secondary N) is 1. The quantitative estimate of drug-likeness (QED) is 0.285. The molecule has 0 saturated carbocycles. The van der Waals surface area contributed by atoms with Crippen LogP contribution in [-0.2, 0) is 19.6 Å². The highest BCUT2D eigenvalue weighted by molar-refractivity contribution is 7.86. The molecule has 0 aromatic heterocycles. The SMILES string of the molecule is CC(=O)N[C@H]1C(O)O[C@H](C(O)S(=O)(=O)O)[C@H](O)[C@@H]1O. The topological polar surface area (TPSA) is 174 Å². The van der Waals surface area contributed by atoms with Crippen molar-refractivity contribution in [2.75, 3.05) is 0 Å². The fourth-order valence-corrected chi connectivity index (χ4v) is 2.26. The smallest absolute Gasteiger partial charge is 0.294 e. The second kappa shape index (κ2) is 5.66. The Hall–Kier alpha value is -0.820. The molecule has 0 radical (unpaired) electrons. The number of carbonyl (C=O) groups excluding carboxylic acids is 1. The van der Waals surface area contributed by atoms with E-state index in [1.165, 1.54) is 0 Å². The lowest BCUT2D eigenvalue weighted by Gasteiger charge is -2.41. The molecule has 11 heteroatoms. The minimum Gasteiger partial charge on any atom is -0.388 e. The van der Waals surface area contributed by atoms with Crippen molar-refractivity contribution in [1.82, 2.24) is 5.32 Å². The van der Waals surface area contributed by atoms with Crippen molar-refractivity contribution in [3.8, 4) is 0 Å². The predicted octanol–water partition coefficient (Wildman–Crippen LogP) is -3.86. The fraction of sp³-hybridized carbons (Fsp3) is 0.875. The third-order valence-corrected chi connectivity index (χ3v) is 3.49. The van der Waals surface area contributed by atoms with Crippen LogP contribution in [0.2, 0.25) is 0 Å². The molecule has 0 spiro atoms. The van der Waals surface area contributed by atoms with Gasteiger partial charge in [-0.25, -0.2) is 0 Å². The minimum absolute atomic E-state index is 0.632. The first-order valence-corrected chi connectivity index (χ1v) is 6.67. The minimum atomic E-state index is -4.96. The summed E-state index contributed by atoms with van der Waals surface area (Å²) < 4.78 is 34.7. The molecule has 19 heavy (non-hydrogen) atoms. The molecule has 0 aliphatic carbocycles. The molecule has 0 bridgehead atoms. The number of aliphatic hydroxyl groups excluding tert-OH is 4. The van der Waals surface area contributed by atoms with Gasteiger partial charge < -0.3 is 30.5 Å². The molecule has 2 unspecified atom stereocenters. The molecule has 6 atom stereocenters. The molecule has 0 aromatic carbocycles. The maximum absolute atomic E-state index is 10.8. The van der Waals surface area contributed by atoms with Gasteiger partial charge in [-0.1, -0.05) is 0 Å². The molecule has 112 valence electrons. The van der Waals surface area contributed by atoms with E-state index in [-0.39, 0.29) is 0 Å². The van der Waals surface area contributed by atoms with E-state index in [4.69, 9.17) is 4.55 Å². The molecule has 1 heterocycles. The zero-order valence-electron chi connectivity index (χ0n) is 9.74. The largest absolute Gasteiger partial charge is 0.388 e. The third-order valence-electron chi connectivity index (χ3n) is 2.61. The van der Waals surface area contributed by atoms with Gasteiger partial charge in [-0.3, -0.25) is 9.35 Å². The average molecular weight is 301 g/mol. The first-order valence-electron chi connectivity index (χ1n) is 5.17.